The quantitative estimate of drug-likeness (QED) is 0.348. The van der Waals surface area contributed by atoms with E-state index < -0.39 is 21.9 Å². The molecule has 0 unspecified atom stereocenters. The molecule has 1 amide bonds. The van der Waals surface area contributed by atoms with E-state index in [1.165, 1.54) is 49.6 Å². The summed E-state index contributed by atoms with van der Waals surface area (Å²) in [6.45, 7) is 3.66. The molecule has 0 bridgehead atoms. The molecule has 3 rings (SSSR count). The van der Waals surface area contributed by atoms with Crippen LogP contribution in [-0.4, -0.2) is 32.5 Å². The fourth-order valence-electron chi connectivity index (χ4n) is 3.13. The summed E-state index contributed by atoms with van der Waals surface area (Å²) >= 11 is 5.18. The second-order valence-corrected chi connectivity index (χ2v) is 9.47. The molecule has 0 aromatic heterocycles. The number of hydrogen-bond donors (Lipinski definition) is 3. The molecule has 8 nitrogen and oxygen atoms in total. The van der Waals surface area contributed by atoms with Gasteiger partial charge in [-0.3, -0.25) is 14.8 Å². The molecule has 3 N–H and O–H groups in total. The third-order valence-electron chi connectivity index (χ3n) is 4.91. The lowest BCUT2D eigenvalue weighted by Gasteiger charge is -2.14. The predicted octanol–water partition coefficient (Wildman–Crippen LogP) is 4.02. The third-order valence-corrected chi connectivity index (χ3v) is 6.48. The van der Waals surface area contributed by atoms with E-state index in [1.54, 1.807) is 6.07 Å². The summed E-state index contributed by atoms with van der Waals surface area (Å²) in [5.41, 5.74) is 3.14. The summed E-state index contributed by atoms with van der Waals surface area (Å²) < 4.78 is 32.9. The molecule has 0 aliphatic carbocycles. The number of benzene rings is 3. The van der Waals surface area contributed by atoms with Gasteiger partial charge in [0.05, 0.1) is 23.3 Å². The summed E-state index contributed by atoms with van der Waals surface area (Å²) in [4.78, 5) is 24.2. The van der Waals surface area contributed by atoms with Gasteiger partial charge in [0.25, 0.3) is 15.9 Å². The Kier molecular flexibility index (Phi) is 7.64. The average molecular weight is 498 g/mol. The Hall–Kier alpha value is -3.76. The number of nitrogens with one attached hydrogen (secondary N) is 3. The fraction of sp³-hybridized carbons (Fsp3) is 0.125. The number of esters is 1. The molecule has 10 heteroatoms. The first-order chi connectivity index (χ1) is 16.1. The van der Waals surface area contributed by atoms with E-state index >= 15 is 0 Å². The van der Waals surface area contributed by atoms with Crippen molar-refractivity contribution < 1.29 is 22.7 Å². The number of ether oxygens (including phenoxy) is 1. The topological polar surface area (TPSA) is 114 Å². The van der Waals surface area contributed by atoms with Crippen molar-refractivity contribution in [1.82, 2.24) is 5.32 Å². The van der Waals surface area contributed by atoms with Gasteiger partial charge in [-0.2, -0.15) is 0 Å². The number of aryl methyl sites for hydroxylation is 2. The lowest BCUT2D eigenvalue weighted by Crippen LogP contribution is -2.34. The number of amides is 1. The van der Waals surface area contributed by atoms with Crippen molar-refractivity contribution in [2.75, 3.05) is 17.1 Å². The number of anilines is 2. The van der Waals surface area contributed by atoms with Gasteiger partial charge in [-0.15, -0.1) is 0 Å². The highest BCUT2D eigenvalue weighted by Gasteiger charge is 2.17. The fourth-order valence-corrected chi connectivity index (χ4v) is 4.54. The van der Waals surface area contributed by atoms with E-state index in [0.29, 0.717) is 11.4 Å². The van der Waals surface area contributed by atoms with Crippen LogP contribution in [0.2, 0.25) is 0 Å². The Bertz CT molecular complexity index is 1330. The van der Waals surface area contributed by atoms with Gasteiger partial charge >= 0.3 is 5.97 Å². The summed E-state index contributed by atoms with van der Waals surface area (Å²) in [6, 6.07) is 17.5. The largest absolute Gasteiger partial charge is 0.465 e. The molecular weight excluding hydrogens is 474 g/mol. The van der Waals surface area contributed by atoms with Crippen LogP contribution in [0.4, 0.5) is 11.4 Å². The number of methoxy groups -OCH3 is 1. The first-order valence-electron chi connectivity index (χ1n) is 10.1. The van der Waals surface area contributed by atoms with Gasteiger partial charge in [0, 0.05) is 11.3 Å². The van der Waals surface area contributed by atoms with Gasteiger partial charge in [0.15, 0.2) is 5.11 Å². The minimum absolute atomic E-state index is 0.0118. The van der Waals surface area contributed by atoms with Crippen molar-refractivity contribution in [2.45, 2.75) is 18.7 Å². The lowest BCUT2D eigenvalue weighted by molar-refractivity contribution is 0.0600. The molecule has 176 valence electrons. The van der Waals surface area contributed by atoms with Crippen LogP contribution in [0.3, 0.4) is 0 Å². The second kappa shape index (κ2) is 10.4. The number of para-hydroxylation sites is 1. The van der Waals surface area contributed by atoms with E-state index in [-0.39, 0.29) is 21.1 Å². The van der Waals surface area contributed by atoms with Crippen molar-refractivity contribution in [3.05, 3.63) is 89.0 Å². The molecule has 0 aliphatic rings. The van der Waals surface area contributed by atoms with Crippen molar-refractivity contribution in [1.29, 1.82) is 0 Å². The Labute approximate surface area is 203 Å². The first-order valence-corrected chi connectivity index (χ1v) is 12.0. The maximum atomic E-state index is 12.8. The van der Waals surface area contributed by atoms with Gasteiger partial charge in [-0.25, -0.2) is 13.2 Å². The van der Waals surface area contributed by atoms with Crippen molar-refractivity contribution in [2.24, 2.45) is 0 Å². The van der Waals surface area contributed by atoms with Gasteiger partial charge in [-0.1, -0.05) is 24.3 Å². The maximum Gasteiger partial charge on any atom is 0.337 e. The number of sulfonamides is 1. The third kappa shape index (κ3) is 5.97. The lowest BCUT2D eigenvalue weighted by atomic mass is 10.1. The normalized spacial score (nSPS) is 10.8. The zero-order valence-electron chi connectivity index (χ0n) is 18.7. The van der Waals surface area contributed by atoms with Gasteiger partial charge < -0.3 is 10.1 Å². The minimum Gasteiger partial charge on any atom is -0.465 e. The Morgan fingerprint density at radius 2 is 1.47 bits per heavy atom. The zero-order chi connectivity index (χ0) is 24.9. The van der Waals surface area contributed by atoms with Crippen LogP contribution in [-0.2, 0) is 14.8 Å². The van der Waals surface area contributed by atoms with Crippen molar-refractivity contribution >= 4 is 50.6 Å². The molecule has 0 heterocycles. The van der Waals surface area contributed by atoms with Crippen molar-refractivity contribution in [3.8, 4) is 0 Å². The number of carbonyl (C=O) groups excluding carboxylic acids is 2. The molecule has 0 spiro atoms. The van der Waals surface area contributed by atoms with Crippen LogP contribution < -0.4 is 15.4 Å². The molecule has 0 saturated carbocycles. The smallest absolute Gasteiger partial charge is 0.337 e. The maximum absolute atomic E-state index is 12.8. The van der Waals surface area contributed by atoms with Gasteiger partial charge in [0.1, 0.15) is 0 Å². The molecule has 0 aliphatic heterocycles. The highest BCUT2D eigenvalue weighted by Crippen LogP contribution is 2.24. The van der Waals surface area contributed by atoms with E-state index in [9.17, 15) is 18.0 Å². The van der Waals surface area contributed by atoms with E-state index in [0.717, 1.165) is 11.1 Å². The number of hydrogen-bond acceptors (Lipinski definition) is 6. The van der Waals surface area contributed by atoms with Gasteiger partial charge in [0.2, 0.25) is 0 Å². The molecular formula is C24H23N3O5S2. The van der Waals surface area contributed by atoms with Gasteiger partial charge in [-0.05, 0) is 79.7 Å². The predicted molar refractivity (Wildman–Crippen MR) is 135 cm³/mol. The van der Waals surface area contributed by atoms with Crippen LogP contribution in [0.25, 0.3) is 0 Å². The Balaban J connectivity index is 1.66. The molecule has 3 aromatic rings. The Morgan fingerprint density at radius 1 is 0.882 bits per heavy atom. The van der Waals surface area contributed by atoms with E-state index in [1.807, 2.05) is 32.0 Å². The standard InChI is InChI=1S/C24H23N3O5S2/c1-15-6-4-7-16(2)21(15)27-34(30,31)20-12-10-19(11-13-20)25-24(33)26-22(28)17-8-5-9-18(14-17)23(29)32-3/h4-14,27H,1-3H3,(H2,25,26,28,33). The molecule has 0 radical (unpaired) electrons. The van der Waals surface area contributed by atoms with Crippen LogP contribution in [0.15, 0.2) is 71.6 Å². The highest BCUT2D eigenvalue weighted by molar-refractivity contribution is 7.92. The van der Waals surface area contributed by atoms with Crippen LogP contribution in [0.5, 0.6) is 0 Å². The monoisotopic (exact) mass is 497 g/mol. The zero-order valence-corrected chi connectivity index (χ0v) is 20.3. The average Bonchev–Trinajstić information content (AvgIpc) is 2.81. The second-order valence-electron chi connectivity index (χ2n) is 7.38. The van der Waals surface area contributed by atoms with Crippen LogP contribution >= 0.6 is 12.2 Å². The number of rotatable bonds is 6. The molecule has 34 heavy (non-hydrogen) atoms. The summed E-state index contributed by atoms with van der Waals surface area (Å²) in [6.07, 6.45) is 0. The number of carbonyl (C=O) groups is 2. The molecule has 0 atom stereocenters. The van der Waals surface area contributed by atoms with E-state index in [4.69, 9.17) is 12.2 Å². The minimum atomic E-state index is -3.79. The van der Waals surface area contributed by atoms with Crippen LogP contribution in [0.1, 0.15) is 31.8 Å². The number of thiocarbonyl (C=S) groups is 1. The SMILES string of the molecule is COC(=O)c1cccc(C(=O)NC(=S)Nc2ccc(S(=O)(=O)Nc3c(C)cccc3C)cc2)c1. The molecule has 0 saturated heterocycles. The summed E-state index contributed by atoms with van der Waals surface area (Å²) in [5.74, 6) is -1.07. The molecule has 0 fully saturated rings. The molecule has 3 aromatic carbocycles. The highest BCUT2D eigenvalue weighted by atomic mass is 32.2. The summed E-state index contributed by atoms with van der Waals surface area (Å²) in [7, 11) is -2.54. The summed E-state index contributed by atoms with van der Waals surface area (Å²) in [5, 5.41) is 5.36. The van der Waals surface area contributed by atoms with Crippen LogP contribution in [0, 0.1) is 13.8 Å². The Morgan fingerprint density at radius 3 is 2.09 bits per heavy atom. The van der Waals surface area contributed by atoms with Crippen molar-refractivity contribution in [3.63, 3.8) is 0 Å². The van der Waals surface area contributed by atoms with E-state index in [2.05, 4.69) is 20.1 Å². The first kappa shape index (κ1) is 24.9.